The molecule has 8 nitrogen and oxygen atoms in total. The molecular weight excluding hydrogens is 471 g/mol. The number of nitrogens with zero attached hydrogens (tertiary/aromatic N) is 6. The molecule has 0 bridgehead atoms. The Labute approximate surface area is 199 Å². The Hall–Kier alpha value is -3.34. The zero-order chi connectivity index (χ0) is 24.5. The highest BCUT2D eigenvalue weighted by Gasteiger charge is 2.35. The molecule has 0 unspecified atom stereocenters. The van der Waals surface area contributed by atoms with Crippen molar-refractivity contribution in [2.24, 2.45) is 5.16 Å². The van der Waals surface area contributed by atoms with Gasteiger partial charge in [0.1, 0.15) is 11.5 Å². The van der Waals surface area contributed by atoms with Gasteiger partial charge in [-0.05, 0) is 56.5 Å². The molecule has 0 radical (unpaired) electrons. The van der Waals surface area contributed by atoms with Crippen molar-refractivity contribution in [2.45, 2.75) is 45.5 Å². The normalized spacial score (nSPS) is 16.8. The number of guanidine groups is 1. The number of anilines is 1. The van der Waals surface area contributed by atoms with Crippen molar-refractivity contribution in [3.8, 4) is 0 Å². The average molecular weight is 494 g/mol. The van der Waals surface area contributed by atoms with Crippen molar-refractivity contribution < 1.29 is 18.4 Å². The number of hydrogen-bond acceptors (Lipinski definition) is 5. The van der Waals surface area contributed by atoms with Crippen molar-refractivity contribution in [2.75, 3.05) is 11.9 Å². The van der Waals surface area contributed by atoms with E-state index in [4.69, 9.17) is 11.6 Å². The molecule has 34 heavy (non-hydrogen) atoms. The Morgan fingerprint density at radius 1 is 1.18 bits per heavy atom. The standard InChI is InChI=1S/C22H23ClF3N7O/c1-13-17(9-10-19(27-13)22(24,25)26)28-21(31-34)32-11-3-4-18(32)20-30-29-14(2)33(20)12-15-5-7-16(23)8-6-15/h5-10,18,34H,3-4,11-12H2,1-2H3,(H,28,31)/t18-/m1/s1. The number of hydrogen-bond donors (Lipinski definition) is 2. The lowest BCUT2D eigenvalue weighted by molar-refractivity contribution is -0.141. The van der Waals surface area contributed by atoms with Crippen LogP contribution in [0.1, 0.15) is 47.5 Å². The van der Waals surface area contributed by atoms with E-state index in [9.17, 15) is 18.4 Å². The van der Waals surface area contributed by atoms with Gasteiger partial charge in [0.05, 0.1) is 24.0 Å². The van der Waals surface area contributed by atoms with Gasteiger partial charge in [0.2, 0.25) is 5.96 Å². The Morgan fingerprint density at radius 3 is 2.56 bits per heavy atom. The fourth-order valence-electron chi connectivity index (χ4n) is 4.03. The predicted octanol–water partition coefficient (Wildman–Crippen LogP) is 5.00. The number of rotatable bonds is 4. The smallest absolute Gasteiger partial charge is 0.408 e. The molecule has 180 valence electrons. The SMILES string of the molecule is Cc1nc(C(F)(F)F)ccc1N/C(=N\O)N1CCC[C@@H]1c1nnc(C)n1Cc1ccc(Cl)cc1. The molecule has 0 aliphatic carbocycles. The molecule has 0 amide bonds. The second-order valence-corrected chi connectivity index (χ2v) is 8.48. The summed E-state index contributed by atoms with van der Waals surface area (Å²) in [5.41, 5.74) is 0.486. The van der Waals surface area contributed by atoms with Crippen LogP contribution in [0.3, 0.4) is 0 Å². The highest BCUT2D eigenvalue weighted by molar-refractivity contribution is 6.30. The maximum absolute atomic E-state index is 13.0. The van der Waals surface area contributed by atoms with Crippen molar-refractivity contribution in [3.05, 3.63) is 70.0 Å². The van der Waals surface area contributed by atoms with E-state index in [1.807, 2.05) is 40.7 Å². The van der Waals surface area contributed by atoms with Gasteiger partial charge >= 0.3 is 6.18 Å². The van der Waals surface area contributed by atoms with Crippen molar-refractivity contribution in [1.29, 1.82) is 0 Å². The van der Waals surface area contributed by atoms with Gasteiger partial charge in [-0.2, -0.15) is 13.2 Å². The lowest BCUT2D eigenvalue weighted by atomic mass is 10.2. The summed E-state index contributed by atoms with van der Waals surface area (Å²) >= 11 is 6.00. The van der Waals surface area contributed by atoms with E-state index in [1.54, 1.807) is 0 Å². The van der Waals surface area contributed by atoms with E-state index in [2.05, 4.69) is 25.7 Å². The molecule has 1 atom stereocenters. The number of pyridine rings is 1. The van der Waals surface area contributed by atoms with E-state index in [1.165, 1.54) is 13.0 Å². The van der Waals surface area contributed by atoms with E-state index in [0.717, 1.165) is 30.3 Å². The van der Waals surface area contributed by atoms with Gasteiger partial charge in [-0.15, -0.1) is 10.2 Å². The molecule has 1 aliphatic heterocycles. The molecule has 2 N–H and O–H groups in total. The van der Waals surface area contributed by atoms with Gasteiger partial charge in [-0.25, -0.2) is 4.98 Å². The number of benzene rings is 1. The van der Waals surface area contributed by atoms with E-state index in [0.29, 0.717) is 29.6 Å². The minimum absolute atomic E-state index is 0.103. The van der Waals surface area contributed by atoms with Gasteiger partial charge < -0.3 is 20.0 Å². The third-order valence-electron chi connectivity index (χ3n) is 5.76. The number of oxime groups is 1. The van der Waals surface area contributed by atoms with Gasteiger partial charge in [0.15, 0.2) is 5.82 Å². The molecule has 1 aliphatic rings. The Kier molecular flexibility index (Phi) is 6.65. The summed E-state index contributed by atoms with van der Waals surface area (Å²) < 4.78 is 40.8. The molecule has 0 spiro atoms. The first-order valence-corrected chi connectivity index (χ1v) is 11.0. The van der Waals surface area contributed by atoms with Crippen LogP contribution in [0.5, 0.6) is 0 Å². The monoisotopic (exact) mass is 493 g/mol. The molecule has 2 aromatic heterocycles. The Bertz CT molecular complexity index is 1190. The first-order chi connectivity index (χ1) is 16.2. The van der Waals surface area contributed by atoms with Crippen molar-refractivity contribution >= 4 is 23.2 Å². The summed E-state index contributed by atoms with van der Waals surface area (Å²) in [4.78, 5) is 5.46. The van der Waals surface area contributed by atoms with Gasteiger partial charge in [0.25, 0.3) is 0 Å². The van der Waals surface area contributed by atoms with Gasteiger partial charge in [-0.3, -0.25) is 0 Å². The van der Waals surface area contributed by atoms with Crippen LogP contribution < -0.4 is 5.32 Å². The largest absolute Gasteiger partial charge is 0.433 e. The lowest BCUT2D eigenvalue weighted by Crippen LogP contribution is -2.37. The van der Waals surface area contributed by atoms with Crippen LogP contribution in [0.4, 0.5) is 18.9 Å². The summed E-state index contributed by atoms with van der Waals surface area (Å²) in [6.45, 7) is 4.43. The highest BCUT2D eigenvalue weighted by Crippen LogP contribution is 2.33. The number of nitrogens with one attached hydrogen (secondary N) is 1. The molecule has 12 heteroatoms. The first kappa shape index (κ1) is 23.8. The van der Waals surface area contributed by atoms with Crippen molar-refractivity contribution in [3.63, 3.8) is 0 Å². The fourth-order valence-corrected chi connectivity index (χ4v) is 4.15. The summed E-state index contributed by atoms with van der Waals surface area (Å²) in [7, 11) is 0. The van der Waals surface area contributed by atoms with Crippen LogP contribution in [-0.4, -0.2) is 42.4 Å². The quantitative estimate of drug-likeness (QED) is 0.230. The summed E-state index contributed by atoms with van der Waals surface area (Å²) in [6.07, 6.45) is -2.99. The maximum Gasteiger partial charge on any atom is 0.433 e. The third kappa shape index (κ3) is 4.93. The number of likely N-dealkylation sites (tertiary alicyclic amines) is 1. The Balaban J connectivity index is 1.58. The topological polar surface area (TPSA) is 91.5 Å². The van der Waals surface area contributed by atoms with Crippen LogP contribution in [0, 0.1) is 13.8 Å². The maximum atomic E-state index is 13.0. The summed E-state index contributed by atoms with van der Waals surface area (Å²) in [5.74, 6) is 1.54. The number of aromatic nitrogens is 4. The minimum Gasteiger partial charge on any atom is -0.408 e. The molecular formula is C22H23ClF3N7O. The molecule has 3 heterocycles. The van der Waals surface area contributed by atoms with Crippen LogP contribution >= 0.6 is 11.6 Å². The number of halogens is 4. The predicted molar refractivity (Wildman–Crippen MR) is 121 cm³/mol. The zero-order valence-electron chi connectivity index (χ0n) is 18.5. The van der Waals surface area contributed by atoms with Gasteiger partial charge in [0, 0.05) is 11.6 Å². The summed E-state index contributed by atoms with van der Waals surface area (Å²) in [6, 6.07) is 9.42. The van der Waals surface area contributed by atoms with Crippen LogP contribution in [0.15, 0.2) is 41.6 Å². The molecule has 4 rings (SSSR count). The minimum atomic E-state index is -4.54. The fraction of sp³-hybridized carbons (Fsp3) is 0.364. The van der Waals surface area contributed by atoms with Crippen LogP contribution in [-0.2, 0) is 12.7 Å². The Morgan fingerprint density at radius 2 is 1.91 bits per heavy atom. The molecule has 1 saturated heterocycles. The summed E-state index contributed by atoms with van der Waals surface area (Å²) in [5, 5.41) is 25.3. The zero-order valence-corrected chi connectivity index (χ0v) is 19.3. The van der Waals surface area contributed by atoms with Crippen LogP contribution in [0.2, 0.25) is 5.02 Å². The molecule has 1 fully saturated rings. The molecule has 1 aromatic carbocycles. The average Bonchev–Trinajstić information content (AvgIpc) is 3.40. The molecule has 0 saturated carbocycles. The molecule has 3 aromatic rings. The first-order valence-electron chi connectivity index (χ1n) is 10.6. The highest BCUT2D eigenvalue weighted by atomic mass is 35.5. The third-order valence-corrected chi connectivity index (χ3v) is 6.01. The number of aryl methyl sites for hydroxylation is 2. The lowest BCUT2D eigenvalue weighted by Gasteiger charge is -2.27. The van der Waals surface area contributed by atoms with Crippen LogP contribution in [0.25, 0.3) is 0 Å². The van der Waals surface area contributed by atoms with E-state index < -0.39 is 11.9 Å². The van der Waals surface area contributed by atoms with Crippen molar-refractivity contribution in [1.82, 2.24) is 24.6 Å². The second kappa shape index (κ2) is 9.49. The number of alkyl halides is 3. The van der Waals surface area contributed by atoms with E-state index in [-0.39, 0.29) is 17.7 Å². The van der Waals surface area contributed by atoms with Gasteiger partial charge in [-0.1, -0.05) is 28.9 Å². The van der Waals surface area contributed by atoms with E-state index >= 15 is 0 Å². The second-order valence-electron chi connectivity index (χ2n) is 8.05.